The summed E-state index contributed by atoms with van der Waals surface area (Å²) in [7, 11) is 2.12. The molecule has 20 heavy (non-hydrogen) atoms. The lowest BCUT2D eigenvalue weighted by Gasteiger charge is -1.94. The minimum atomic E-state index is 0.892. The first-order valence-electron chi connectivity index (χ1n) is 6.82. The van der Waals surface area contributed by atoms with E-state index in [0.717, 1.165) is 17.8 Å². The summed E-state index contributed by atoms with van der Waals surface area (Å²) in [6.45, 7) is 0.892. The van der Waals surface area contributed by atoms with E-state index >= 15 is 0 Å². The van der Waals surface area contributed by atoms with Gasteiger partial charge in [0.25, 0.3) is 5.82 Å². The van der Waals surface area contributed by atoms with Gasteiger partial charge in [-0.3, -0.25) is 0 Å². The topological polar surface area (TPSA) is 21.9 Å². The highest BCUT2D eigenvalue weighted by atomic mass is 16.3. The molecule has 0 amide bonds. The van der Waals surface area contributed by atoms with Crippen molar-refractivity contribution in [3.05, 3.63) is 54.1 Å². The lowest BCUT2D eigenvalue weighted by Crippen LogP contribution is -2.31. The zero-order valence-electron chi connectivity index (χ0n) is 11.1. The SMILES string of the molecule is Cn1c2[n+](c3oc4ccccc4c31)Cc1ccccc1-2. The summed E-state index contributed by atoms with van der Waals surface area (Å²) < 4.78 is 10.6. The number of nitrogens with zero attached hydrogens (tertiary/aromatic N) is 2. The molecule has 0 atom stereocenters. The fraction of sp³-hybridized carbons (Fsp3) is 0.118. The van der Waals surface area contributed by atoms with E-state index in [2.05, 4.69) is 52.6 Å². The predicted molar refractivity (Wildman–Crippen MR) is 77.4 cm³/mol. The molecule has 0 N–H and O–H groups in total. The van der Waals surface area contributed by atoms with Crippen LogP contribution in [0.3, 0.4) is 0 Å². The highest BCUT2D eigenvalue weighted by Crippen LogP contribution is 2.34. The Labute approximate surface area is 115 Å². The zero-order valence-corrected chi connectivity index (χ0v) is 11.1. The molecule has 0 bridgehead atoms. The van der Waals surface area contributed by atoms with Gasteiger partial charge in [-0.25, -0.2) is 4.57 Å². The Hall–Kier alpha value is -2.55. The number of benzene rings is 2. The van der Waals surface area contributed by atoms with Crippen molar-refractivity contribution < 1.29 is 8.98 Å². The van der Waals surface area contributed by atoms with Crippen molar-refractivity contribution in [3.8, 4) is 11.4 Å². The molecule has 96 valence electrons. The molecule has 3 heterocycles. The van der Waals surface area contributed by atoms with Crippen LogP contribution in [-0.4, -0.2) is 4.57 Å². The molecule has 0 aliphatic carbocycles. The van der Waals surface area contributed by atoms with Crippen LogP contribution in [0.25, 0.3) is 33.6 Å². The average Bonchev–Trinajstić information content (AvgIpc) is 3.10. The number of aryl methyl sites for hydroxylation is 1. The molecule has 5 rings (SSSR count). The van der Waals surface area contributed by atoms with Crippen LogP contribution in [0.2, 0.25) is 0 Å². The van der Waals surface area contributed by atoms with Crippen LogP contribution in [0.15, 0.2) is 52.9 Å². The molecule has 1 aliphatic rings. The number of aromatic nitrogens is 2. The zero-order chi connectivity index (χ0) is 13.3. The third kappa shape index (κ3) is 1.05. The van der Waals surface area contributed by atoms with Crippen LogP contribution in [0.4, 0.5) is 0 Å². The van der Waals surface area contributed by atoms with Crippen LogP contribution in [0.5, 0.6) is 0 Å². The third-order valence-corrected chi connectivity index (χ3v) is 4.29. The fourth-order valence-electron chi connectivity index (χ4n) is 3.43. The molecule has 0 saturated carbocycles. The van der Waals surface area contributed by atoms with Crippen molar-refractivity contribution in [1.82, 2.24) is 4.57 Å². The smallest absolute Gasteiger partial charge is 0.339 e. The molecule has 2 aromatic heterocycles. The van der Waals surface area contributed by atoms with Gasteiger partial charge in [0.1, 0.15) is 12.1 Å². The van der Waals surface area contributed by atoms with Crippen molar-refractivity contribution in [1.29, 1.82) is 0 Å². The van der Waals surface area contributed by atoms with Gasteiger partial charge in [-0.15, -0.1) is 0 Å². The van der Waals surface area contributed by atoms with Gasteiger partial charge in [0, 0.05) is 5.56 Å². The Kier molecular flexibility index (Phi) is 1.70. The van der Waals surface area contributed by atoms with E-state index in [1.807, 2.05) is 12.1 Å². The summed E-state index contributed by atoms with van der Waals surface area (Å²) in [6.07, 6.45) is 0. The minimum Gasteiger partial charge on any atom is -0.419 e. The molecule has 0 unspecified atom stereocenters. The van der Waals surface area contributed by atoms with E-state index in [4.69, 9.17) is 4.42 Å². The van der Waals surface area contributed by atoms with E-state index in [1.54, 1.807) is 0 Å². The fourth-order valence-corrected chi connectivity index (χ4v) is 3.43. The molecule has 1 aliphatic heterocycles. The number of furan rings is 1. The van der Waals surface area contributed by atoms with Crippen LogP contribution in [0.1, 0.15) is 5.56 Å². The maximum atomic E-state index is 6.09. The largest absolute Gasteiger partial charge is 0.419 e. The van der Waals surface area contributed by atoms with Gasteiger partial charge in [-0.1, -0.05) is 30.3 Å². The summed E-state index contributed by atoms with van der Waals surface area (Å²) in [5, 5.41) is 1.18. The van der Waals surface area contributed by atoms with Crippen molar-refractivity contribution in [3.63, 3.8) is 0 Å². The maximum Gasteiger partial charge on any atom is 0.339 e. The van der Waals surface area contributed by atoms with Crippen LogP contribution < -0.4 is 4.57 Å². The van der Waals surface area contributed by atoms with Crippen LogP contribution in [-0.2, 0) is 13.6 Å². The van der Waals surface area contributed by atoms with Crippen molar-refractivity contribution >= 4 is 22.2 Å². The predicted octanol–water partition coefficient (Wildman–Crippen LogP) is 3.24. The number of imidazole rings is 1. The van der Waals surface area contributed by atoms with Crippen LogP contribution >= 0.6 is 0 Å². The molecule has 0 fully saturated rings. The summed E-state index contributed by atoms with van der Waals surface area (Å²) in [5.41, 5.74) is 5.79. The number of para-hydroxylation sites is 1. The Balaban J connectivity index is 1.98. The third-order valence-electron chi connectivity index (χ3n) is 4.29. The second-order valence-corrected chi connectivity index (χ2v) is 5.38. The first-order chi connectivity index (χ1) is 9.84. The molecule has 4 aromatic rings. The van der Waals surface area contributed by atoms with Gasteiger partial charge < -0.3 is 4.42 Å². The first kappa shape index (κ1) is 10.3. The van der Waals surface area contributed by atoms with Gasteiger partial charge in [-0.2, -0.15) is 4.57 Å². The summed E-state index contributed by atoms with van der Waals surface area (Å²) in [5.74, 6) is 1.24. The van der Waals surface area contributed by atoms with E-state index < -0.39 is 0 Å². The van der Waals surface area contributed by atoms with Gasteiger partial charge in [0.05, 0.1) is 18.0 Å². The molecular formula is C17H13N2O+. The average molecular weight is 261 g/mol. The van der Waals surface area contributed by atoms with Gasteiger partial charge >= 0.3 is 5.71 Å². The van der Waals surface area contributed by atoms with Crippen molar-refractivity contribution in [2.75, 3.05) is 0 Å². The Morgan fingerprint density at radius 2 is 1.85 bits per heavy atom. The highest BCUT2D eigenvalue weighted by molar-refractivity contribution is 6.01. The second-order valence-electron chi connectivity index (χ2n) is 5.38. The molecule has 2 aromatic carbocycles. The monoisotopic (exact) mass is 261 g/mol. The molecule has 0 spiro atoms. The summed E-state index contributed by atoms with van der Waals surface area (Å²) in [6, 6.07) is 16.8. The summed E-state index contributed by atoms with van der Waals surface area (Å²) in [4.78, 5) is 0. The molecule has 3 nitrogen and oxygen atoms in total. The number of rotatable bonds is 0. The molecule has 3 heteroatoms. The van der Waals surface area contributed by atoms with E-state index in [1.165, 1.54) is 27.9 Å². The number of fused-ring (bicyclic) bond motifs is 7. The van der Waals surface area contributed by atoms with Gasteiger partial charge in [0.15, 0.2) is 0 Å². The Bertz CT molecular complexity index is 991. The minimum absolute atomic E-state index is 0.892. The van der Waals surface area contributed by atoms with E-state index in [-0.39, 0.29) is 0 Å². The highest BCUT2D eigenvalue weighted by Gasteiger charge is 2.35. The second kappa shape index (κ2) is 3.31. The van der Waals surface area contributed by atoms with Crippen LogP contribution in [0, 0.1) is 0 Å². The number of hydrogen-bond acceptors (Lipinski definition) is 1. The maximum absolute atomic E-state index is 6.09. The first-order valence-corrected chi connectivity index (χ1v) is 6.82. The lowest BCUT2D eigenvalue weighted by atomic mass is 10.1. The molecule has 0 radical (unpaired) electrons. The van der Waals surface area contributed by atoms with E-state index in [9.17, 15) is 0 Å². The Morgan fingerprint density at radius 3 is 2.80 bits per heavy atom. The normalized spacial score (nSPS) is 13.1. The Morgan fingerprint density at radius 1 is 1.05 bits per heavy atom. The van der Waals surface area contributed by atoms with Crippen molar-refractivity contribution in [2.45, 2.75) is 6.54 Å². The van der Waals surface area contributed by atoms with Gasteiger partial charge in [-0.05, 0) is 18.2 Å². The van der Waals surface area contributed by atoms with Crippen molar-refractivity contribution in [2.24, 2.45) is 7.05 Å². The standard InChI is InChI=1S/C17H13N2O/c1-18-15-13-8-4-5-9-14(13)20-17(15)19-10-11-6-2-3-7-12(11)16(18)19/h2-9H,10H2,1H3/q+1. The molecule has 0 saturated heterocycles. The lowest BCUT2D eigenvalue weighted by molar-refractivity contribution is -0.652. The van der Waals surface area contributed by atoms with Gasteiger partial charge in [0.2, 0.25) is 5.52 Å². The summed E-state index contributed by atoms with van der Waals surface area (Å²) >= 11 is 0. The van der Waals surface area contributed by atoms with E-state index in [0.29, 0.717) is 0 Å². The number of hydrogen-bond donors (Lipinski definition) is 0. The molecular weight excluding hydrogens is 248 g/mol. The quantitative estimate of drug-likeness (QED) is 0.392.